The molecule has 6 heteroatoms. The van der Waals surface area contributed by atoms with Crippen molar-refractivity contribution in [1.29, 1.82) is 0 Å². The van der Waals surface area contributed by atoms with E-state index in [1.54, 1.807) is 0 Å². The topological polar surface area (TPSA) is 118 Å². The zero-order valence-electron chi connectivity index (χ0n) is 24.7. The number of aliphatic hydroxyl groups excluding tert-OH is 5. The lowest BCUT2D eigenvalue weighted by molar-refractivity contribution is -0.253. The van der Waals surface area contributed by atoms with Crippen LogP contribution < -0.4 is 0 Å². The number of carbonyl (C=O) groups is 1. The Hall–Kier alpha value is -0.790. The summed E-state index contributed by atoms with van der Waals surface area (Å²) in [6, 6.07) is 0. The summed E-state index contributed by atoms with van der Waals surface area (Å²) in [6.07, 6.45) is 7.39. The van der Waals surface area contributed by atoms with Crippen molar-refractivity contribution in [2.75, 3.05) is 13.2 Å². The molecule has 0 heterocycles. The predicted octanol–water partition coefficient (Wildman–Crippen LogP) is 4.01. The van der Waals surface area contributed by atoms with Gasteiger partial charge in [0.05, 0.1) is 31.5 Å². The molecule has 0 aliphatic heterocycles. The third-order valence-corrected chi connectivity index (χ3v) is 14.7. The molecule has 6 saturated carbocycles. The Morgan fingerprint density at radius 1 is 0.949 bits per heavy atom. The van der Waals surface area contributed by atoms with E-state index in [0.717, 1.165) is 50.5 Å². The highest BCUT2D eigenvalue weighted by molar-refractivity contribution is 5.95. The molecule has 0 unspecified atom stereocenters. The van der Waals surface area contributed by atoms with Crippen LogP contribution in [0.25, 0.3) is 0 Å². The molecule has 2 bridgehead atoms. The van der Waals surface area contributed by atoms with E-state index < -0.39 is 34.6 Å². The molecule has 0 amide bonds. The average molecular weight is 545 g/mol. The molecule has 0 aromatic carbocycles. The summed E-state index contributed by atoms with van der Waals surface area (Å²) in [6.45, 7) is 11.0. The number of rotatable bonds is 3. The van der Waals surface area contributed by atoms with Crippen LogP contribution in [0.2, 0.25) is 0 Å². The van der Waals surface area contributed by atoms with Crippen LogP contribution >= 0.6 is 0 Å². The number of fused-ring (bicyclic) bond motifs is 8. The zero-order chi connectivity index (χ0) is 28.4. The molecular weight excluding hydrogens is 492 g/mol. The lowest BCUT2D eigenvalue weighted by Gasteiger charge is -2.72. The maximum Gasteiger partial charge on any atom is 0.159 e. The lowest BCUT2D eigenvalue weighted by atomic mass is 9.31. The fraction of sp³-hybridized carbons (Fsp3) is 0.909. The van der Waals surface area contributed by atoms with E-state index >= 15 is 0 Å². The van der Waals surface area contributed by atoms with Gasteiger partial charge in [-0.2, -0.15) is 0 Å². The second kappa shape index (κ2) is 8.63. The van der Waals surface area contributed by atoms with E-state index in [9.17, 15) is 30.3 Å². The Kier molecular flexibility index (Phi) is 6.27. The van der Waals surface area contributed by atoms with Gasteiger partial charge in [0.25, 0.3) is 0 Å². The summed E-state index contributed by atoms with van der Waals surface area (Å²) in [5, 5.41) is 55.5. The largest absolute Gasteiger partial charge is 0.396 e. The van der Waals surface area contributed by atoms with Crippen LogP contribution in [0.3, 0.4) is 0 Å². The van der Waals surface area contributed by atoms with Crippen molar-refractivity contribution in [3.05, 3.63) is 11.6 Å². The normalized spacial score (nSPS) is 54.9. The first-order valence-electron chi connectivity index (χ1n) is 15.7. The molecule has 220 valence electrons. The Balaban J connectivity index is 1.52. The van der Waals surface area contributed by atoms with Gasteiger partial charge in [-0.25, -0.2) is 0 Å². The summed E-state index contributed by atoms with van der Waals surface area (Å²) in [7, 11) is 0. The number of hydrogen-bond donors (Lipinski definition) is 5. The Bertz CT molecular complexity index is 1070. The van der Waals surface area contributed by atoms with Crippen LogP contribution in [0.15, 0.2) is 11.6 Å². The zero-order valence-corrected chi connectivity index (χ0v) is 24.7. The van der Waals surface area contributed by atoms with E-state index in [0.29, 0.717) is 19.3 Å². The Labute approximate surface area is 234 Å². The Morgan fingerprint density at radius 2 is 1.67 bits per heavy atom. The molecule has 7 rings (SSSR count). The van der Waals surface area contributed by atoms with Gasteiger partial charge in [-0.15, -0.1) is 0 Å². The molecule has 0 saturated heterocycles. The van der Waals surface area contributed by atoms with Gasteiger partial charge < -0.3 is 25.5 Å². The monoisotopic (exact) mass is 544 g/mol. The van der Waals surface area contributed by atoms with Crippen molar-refractivity contribution in [3.8, 4) is 0 Å². The molecule has 6 fully saturated rings. The van der Waals surface area contributed by atoms with E-state index in [1.807, 2.05) is 6.08 Å². The quantitative estimate of drug-likeness (QED) is 0.366. The minimum absolute atomic E-state index is 0.0257. The number of carbonyl (C=O) groups excluding carboxylic acids is 1. The minimum Gasteiger partial charge on any atom is -0.396 e. The standard InChI is InChI=1S/C33H52O6/c1-28(2)11-12-32(18-35)21(15-28)20-14-22(36)27-29(3,30(20,4)16-25(32)38)10-8-23-31(27,5)19-7-6-9-33(23,24(37)13-19)26(39)17-34/h14,19,21,23-27,34-35,37-39H,6-13,15-18H2,1-5H3/t19-,21-,23+,24+,25+,26-,27+,29-,30-,31+,32-,33+/m1/s1. The minimum atomic E-state index is -1.01. The predicted molar refractivity (Wildman–Crippen MR) is 148 cm³/mol. The summed E-state index contributed by atoms with van der Waals surface area (Å²) >= 11 is 0. The van der Waals surface area contributed by atoms with Crippen LogP contribution in [0, 0.1) is 56.2 Å². The molecule has 0 radical (unpaired) electrons. The fourth-order valence-electron chi connectivity index (χ4n) is 12.4. The highest BCUT2D eigenvalue weighted by Crippen LogP contribution is 2.77. The van der Waals surface area contributed by atoms with Crippen molar-refractivity contribution in [2.24, 2.45) is 56.2 Å². The number of hydrogen-bond acceptors (Lipinski definition) is 6. The highest BCUT2D eigenvalue weighted by atomic mass is 16.3. The van der Waals surface area contributed by atoms with Crippen molar-refractivity contribution < 1.29 is 30.3 Å². The SMILES string of the molecule is CC1(C)CC[C@@]2(CO)[C@H](C1)C1=CC(=O)[C@@H]3[C@@]4(C)[C@@H]5CCC[C@@]([C@H](O)CO)([C@@H](O)C5)[C@H]4CC[C@@]3(C)[C@]1(C)C[C@@H]2O. The second-order valence-electron chi connectivity index (χ2n) is 16.3. The van der Waals surface area contributed by atoms with E-state index in [4.69, 9.17) is 0 Å². The molecule has 6 nitrogen and oxygen atoms in total. The van der Waals surface area contributed by atoms with Gasteiger partial charge in [-0.1, -0.05) is 46.6 Å². The molecular formula is C33H52O6. The van der Waals surface area contributed by atoms with Gasteiger partial charge in [-0.3, -0.25) is 4.79 Å². The van der Waals surface area contributed by atoms with Crippen molar-refractivity contribution in [2.45, 2.75) is 117 Å². The second-order valence-corrected chi connectivity index (χ2v) is 16.3. The van der Waals surface area contributed by atoms with E-state index in [1.165, 1.54) is 0 Å². The smallest absolute Gasteiger partial charge is 0.159 e. The van der Waals surface area contributed by atoms with Gasteiger partial charge in [0.1, 0.15) is 0 Å². The molecule has 7 aliphatic carbocycles. The molecule has 39 heavy (non-hydrogen) atoms. The summed E-state index contributed by atoms with van der Waals surface area (Å²) in [5.41, 5.74) is -1.34. The first-order valence-corrected chi connectivity index (χ1v) is 15.7. The summed E-state index contributed by atoms with van der Waals surface area (Å²) < 4.78 is 0. The Morgan fingerprint density at radius 3 is 2.33 bits per heavy atom. The first kappa shape index (κ1) is 28.3. The molecule has 12 atom stereocenters. The van der Waals surface area contributed by atoms with Crippen molar-refractivity contribution in [1.82, 2.24) is 0 Å². The first-order chi connectivity index (χ1) is 18.2. The van der Waals surface area contributed by atoms with Crippen LogP contribution in [-0.2, 0) is 4.79 Å². The molecule has 0 aromatic rings. The number of allylic oxidation sites excluding steroid dienone is 2. The maximum atomic E-state index is 14.6. The van der Waals surface area contributed by atoms with E-state index in [-0.39, 0.29) is 58.9 Å². The van der Waals surface area contributed by atoms with Crippen LogP contribution in [0.5, 0.6) is 0 Å². The third kappa shape index (κ3) is 3.25. The summed E-state index contributed by atoms with van der Waals surface area (Å²) in [5.74, 6) is -0.0158. The van der Waals surface area contributed by atoms with Gasteiger partial charge in [0, 0.05) is 16.7 Å². The molecule has 5 N–H and O–H groups in total. The average Bonchev–Trinajstić information content (AvgIpc) is 3.12. The number of ketones is 1. The molecule has 0 aromatic heterocycles. The third-order valence-electron chi connectivity index (χ3n) is 14.7. The lowest BCUT2D eigenvalue weighted by Crippen LogP contribution is -2.71. The fourth-order valence-corrected chi connectivity index (χ4v) is 12.4. The summed E-state index contributed by atoms with van der Waals surface area (Å²) in [4.78, 5) is 14.6. The van der Waals surface area contributed by atoms with Crippen LogP contribution in [-0.4, -0.2) is 62.8 Å². The van der Waals surface area contributed by atoms with E-state index in [2.05, 4.69) is 34.6 Å². The van der Waals surface area contributed by atoms with Crippen molar-refractivity contribution in [3.63, 3.8) is 0 Å². The van der Waals surface area contributed by atoms with Gasteiger partial charge in [-0.05, 0) is 103 Å². The van der Waals surface area contributed by atoms with Gasteiger partial charge >= 0.3 is 0 Å². The van der Waals surface area contributed by atoms with Crippen LogP contribution in [0.1, 0.15) is 98.8 Å². The van der Waals surface area contributed by atoms with Crippen LogP contribution in [0.4, 0.5) is 0 Å². The van der Waals surface area contributed by atoms with Gasteiger partial charge in [0.15, 0.2) is 5.78 Å². The number of aliphatic hydroxyl groups is 5. The molecule has 7 aliphatic rings. The molecule has 0 spiro atoms. The highest BCUT2D eigenvalue weighted by Gasteiger charge is 2.75. The maximum absolute atomic E-state index is 14.6. The van der Waals surface area contributed by atoms with Crippen molar-refractivity contribution >= 4 is 5.78 Å². The van der Waals surface area contributed by atoms with Gasteiger partial charge in [0.2, 0.25) is 0 Å².